The molecule has 10 rings (SSSR count). The third-order valence-electron chi connectivity index (χ3n) is 10.4. The zero-order chi connectivity index (χ0) is 31.1. The van der Waals surface area contributed by atoms with Gasteiger partial charge in [0, 0.05) is 28.1 Å². The van der Waals surface area contributed by atoms with Crippen LogP contribution in [0.25, 0.3) is 65.7 Å². The molecule has 2 nitrogen and oxygen atoms in total. The normalized spacial score (nSPS) is 18.4. The van der Waals surface area contributed by atoms with E-state index in [0.717, 1.165) is 21.9 Å². The minimum absolute atomic E-state index is 0.204. The summed E-state index contributed by atoms with van der Waals surface area (Å²) in [7, 11) is 0. The molecule has 2 atom stereocenters. The molecule has 7 aromatic carbocycles. The van der Waals surface area contributed by atoms with Crippen LogP contribution in [-0.2, 0) is 0 Å². The van der Waals surface area contributed by atoms with Crippen LogP contribution in [0.1, 0.15) is 18.4 Å². The minimum Gasteiger partial charge on any atom is -0.456 e. The standard InChI is InChI=1S/C45H31NO/c1-45-25-12-11-23-39(45)38-28-42-37(32-18-9-10-24-41(32)47-42)27-40(38)46(45)31-17-13-16-30(26-31)44-35-21-7-5-19-33(35)43(29-14-3-2-4-15-29)34-20-6-8-22-36(34)44/h2-28,39H,1H3. The van der Waals surface area contributed by atoms with Crippen LogP contribution >= 0.6 is 0 Å². The molecule has 0 saturated carbocycles. The van der Waals surface area contributed by atoms with Gasteiger partial charge in [0.05, 0.1) is 5.54 Å². The Hall–Kier alpha value is -5.86. The molecule has 0 amide bonds. The molecule has 0 fully saturated rings. The van der Waals surface area contributed by atoms with Crippen molar-refractivity contribution in [2.75, 3.05) is 4.90 Å². The molecule has 1 aliphatic heterocycles. The van der Waals surface area contributed by atoms with Crippen molar-refractivity contribution < 1.29 is 4.42 Å². The lowest BCUT2D eigenvalue weighted by molar-refractivity contribution is 0.542. The van der Waals surface area contributed by atoms with Crippen molar-refractivity contribution >= 4 is 54.9 Å². The van der Waals surface area contributed by atoms with Gasteiger partial charge in [-0.05, 0) is 86.6 Å². The number of nitrogens with zero attached hydrogens (tertiary/aromatic N) is 1. The first-order valence-electron chi connectivity index (χ1n) is 16.4. The van der Waals surface area contributed by atoms with Gasteiger partial charge in [0.2, 0.25) is 0 Å². The number of benzene rings is 7. The van der Waals surface area contributed by atoms with Crippen LogP contribution in [0.5, 0.6) is 0 Å². The van der Waals surface area contributed by atoms with Crippen molar-refractivity contribution in [3.8, 4) is 22.3 Å². The van der Waals surface area contributed by atoms with E-state index in [1.807, 2.05) is 6.07 Å². The molecule has 2 unspecified atom stereocenters. The molecule has 1 aliphatic carbocycles. The maximum absolute atomic E-state index is 6.37. The van der Waals surface area contributed by atoms with Crippen LogP contribution in [-0.4, -0.2) is 5.54 Å². The lowest BCUT2D eigenvalue weighted by Gasteiger charge is -2.39. The SMILES string of the molecule is CC12C=CC=CC1c1cc3oc4ccccc4c3cc1N2c1cccc(-c2c3ccccc3c(-c3ccccc3)c3ccccc23)c1. The van der Waals surface area contributed by atoms with Crippen molar-refractivity contribution in [3.05, 3.63) is 169 Å². The van der Waals surface area contributed by atoms with E-state index in [1.54, 1.807) is 0 Å². The van der Waals surface area contributed by atoms with Gasteiger partial charge in [-0.1, -0.05) is 133 Å². The van der Waals surface area contributed by atoms with Crippen molar-refractivity contribution in [3.63, 3.8) is 0 Å². The van der Waals surface area contributed by atoms with Gasteiger partial charge in [-0.25, -0.2) is 0 Å². The molecular weight excluding hydrogens is 571 g/mol. The first kappa shape index (κ1) is 26.4. The van der Waals surface area contributed by atoms with Gasteiger partial charge in [-0.3, -0.25) is 0 Å². The zero-order valence-corrected chi connectivity index (χ0v) is 26.0. The van der Waals surface area contributed by atoms with Gasteiger partial charge in [-0.15, -0.1) is 0 Å². The van der Waals surface area contributed by atoms with Crippen LogP contribution < -0.4 is 4.90 Å². The Kier molecular flexibility index (Phi) is 5.51. The lowest BCUT2D eigenvalue weighted by Crippen LogP contribution is -2.41. The Balaban J connectivity index is 1.23. The van der Waals surface area contributed by atoms with E-state index in [0.29, 0.717) is 0 Å². The Morgan fingerprint density at radius 1 is 0.532 bits per heavy atom. The molecule has 0 bridgehead atoms. The summed E-state index contributed by atoms with van der Waals surface area (Å²) in [6, 6.07) is 50.8. The summed E-state index contributed by atoms with van der Waals surface area (Å²) in [5, 5.41) is 7.38. The maximum atomic E-state index is 6.37. The predicted octanol–water partition coefficient (Wildman–Crippen LogP) is 12.3. The van der Waals surface area contributed by atoms with Gasteiger partial charge in [0.25, 0.3) is 0 Å². The number of hydrogen-bond donors (Lipinski definition) is 0. The monoisotopic (exact) mass is 601 g/mol. The Bertz CT molecular complexity index is 2550. The highest BCUT2D eigenvalue weighted by molar-refractivity contribution is 6.21. The third-order valence-corrected chi connectivity index (χ3v) is 10.4. The largest absolute Gasteiger partial charge is 0.456 e. The first-order chi connectivity index (χ1) is 23.2. The highest BCUT2D eigenvalue weighted by atomic mass is 16.3. The highest BCUT2D eigenvalue weighted by Gasteiger charge is 2.47. The van der Waals surface area contributed by atoms with E-state index in [4.69, 9.17) is 4.42 Å². The predicted molar refractivity (Wildman–Crippen MR) is 198 cm³/mol. The van der Waals surface area contributed by atoms with Crippen molar-refractivity contribution in [2.24, 2.45) is 0 Å². The number of para-hydroxylation sites is 1. The summed E-state index contributed by atoms with van der Waals surface area (Å²) in [4.78, 5) is 2.56. The van der Waals surface area contributed by atoms with Crippen LogP contribution in [0.2, 0.25) is 0 Å². The van der Waals surface area contributed by atoms with Gasteiger partial charge < -0.3 is 9.32 Å². The molecule has 0 saturated heterocycles. The number of furan rings is 1. The van der Waals surface area contributed by atoms with Gasteiger partial charge >= 0.3 is 0 Å². The molecular formula is C45H31NO. The minimum atomic E-state index is -0.258. The molecule has 2 aliphatic rings. The summed E-state index contributed by atoms with van der Waals surface area (Å²) in [6.07, 6.45) is 9.09. The fraction of sp³-hybridized carbons (Fsp3) is 0.0667. The molecule has 2 heteroatoms. The number of hydrogen-bond acceptors (Lipinski definition) is 2. The number of anilines is 2. The van der Waals surface area contributed by atoms with Crippen molar-refractivity contribution in [1.82, 2.24) is 0 Å². The van der Waals surface area contributed by atoms with Crippen LogP contribution in [0.15, 0.2) is 168 Å². The summed E-state index contributed by atoms with van der Waals surface area (Å²) in [5.41, 5.74) is 10.3. The smallest absolute Gasteiger partial charge is 0.135 e. The van der Waals surface area contributed by atoms with Gasteiger partial charge in [0.15, 0.2) is 0 Å². The zero-order valence-electron chi connectivity index (χ0n) is 26.0. The number of rotatable bonds is 3. The Morgan fingerprint density at radius 3 is 1.87 bits per heavy atom. The van der Waals surface area contributed by atoms with E-state index in [2.05, 4.69) is 170 Å². The maximum Gasteiger partial charge on any atom is 0.135 e. The second-order valence-electron chi connectivity index (χ2n) is 13.0. The quantitative estimate of drug-likeness (QED) is 0.187. The highest BCUT2D eigenvalue weighted by Crippen LogP contribution is 2.56. The van der Waals surface area contributed by atoms with Gasteiger partial charge in [0.1, 0.15) is 11.2 Å². The van der Waals surface area contributed by atoms with Crippen molar-refractivity contribution in [2.45, 2.75) is 18.4 Å². The summed E-state index contributed by atoms with van der Waals surface area (Å²) in [6.45, 7) is 2.36. The Morgan fingerprint density at radius 2 is 1.15 bits per heavy atom. The van der Waals surface area contributed by atoms with E-state index in [1.165, 1.54) is 60.7 Å². The Labute approximate surface area is 273 Å². The summed E-state index contributed by atoms with van der Waals surface area (Å²) in [5.74, 6) is 0.204. The van der Waals surface area contributed by atoms with Crippen molar-refractivity contribution in [1.29, 1.82) is 0 Å². The molecule has 2 heterocycles. The van der Waals surface area contributed by atoms with Crippen LogP contribution in [0.4, 0.5) is 11.4 Å². The summed E-state index contributed by atoms with van der Waals surface area (Å²) < 4.78 is 6.37. The van der Waals surface area contributed by atoms with Crippen LogP contribution in [0.3, 0.4) is 0 Å². The molecule has 222 valence electrons. The molecule has 0 spiro atoms. The second kappa shape index (κ2) is 9.82. The van der Waals surface area contributed by atoms with E-state index >= 15 is 0 Å². The third kappa shape index (κ3) is 3.73. The van der Waals surface area contributed by atoms with E-state index in [-0.39, 0.29) is 11.5 Å². The molecule has 0 radical (unpaired) electrons. The molecule has 47 heavy (non-hydrogen) atoms. The van der Waals surface area contributed by atoms with E-state index in [9.17, 15) is 0 Å². The fourth-order valence-corrected chi connectivity index (χ4v) is 8.41. The number of fused-ring (bicyclic) bond motifs is 8. The average Bonchev–Trinajstić information content (AvgIpc) is 3.61. The molecule has 0 N–H and O–H groups in total. The summed E-state index contributed by atoms with van der Waals surface area (Å²) >= 11 is 0. The first-order valence-corrected chi connectivity index (χ1v) is 16.4. The van der Waals surface area contributed by atoms with Gasteiger partial charge in [-0.2, -0.15) is 0 Å². The number of allylic oxidation sites excluding steroid dienone is 2. The molecule has 8 aromatic rings. The van der Waals surface area contributed by atoms with E-state index < -0.39 is 0 Å². The lowest BCUT2D eigenvalue weighted by atomic mass is 9.80. The average molecular weight is 602 g/mol. The fourth-order valence-electron chi connectivity index (χ4n) is 8.41. The van der Waals surface area contributed by atoms with Crippen LogP contribution in [0, 0.1) is 0 Å². The topological polar surface area (TPSA) is 16.4 Å². The second-order valence-corrected chi connectivity index (χ2v) is 13.0. The molecule has 1 aromatic heterocycles.